The molecule has 1 N–H and O–H groups in total. The first-order chi connectivity index (χ1) is 10.2. The summed E-state index contributed by atoms with van der Waals surface area (Å²) < 4.78 is 21.2. The van der Waals surface area contributed by atoms with Gasteiger partial charge in [0.05, 0.1) is 26.4 Å². The molecule has 1 atom stereocenters. The average Bonchev–Trinajstić information content (AvgIpc) is 3.31. The van der Waals surface area contributed by atoms with Gasteiger partial charge in [-0.2, -0.15) is 0 Å². The Bertz CT molecular complexity index is 296. The molecule has 0 heterocycles. The SMILES string of the molecule is CCOC(=O)C(COCCOCCCOC)(NC)C1CC1. The molecule has 6 heteroatoms. The van der Waals surface area contributed by atoms with Crippen molar-refractivity contribution >= 4 is 5.97 Å². The minimum absolute atomic E-state index is 0.212. The van der Waals surface area contributed by atoms with Gasteiger partial charge in [0.25, 0.3) is 0 Å². The highest BCUT2D eigenvalue weighted by Crippen LogP contribution is 2.40. The van der Waals surface area contributed by atoms with E-state index in [1.807, 2.05) is 6.92 Å². The lowest BCUT2D eigenvalue weighted by Crippen LogP contribution is -2.57. The highest BCUT2D eigenvalue weighted by Gasteiger charge is 2.51. The van der Waals surface area contributed by atoms with Gasteiger partial charge in [-0.15, -0.1) is 0 Å². The quantitative estimate of drug-likeness (QED) is 0.404. The Morgan fingerprint density at radius 1 is 1.19 bits per heavy atom. The van der Waals surface area contributed by atoms with Crippen molar-refractivity contribution < 1.29 is 23.7 Å². The van der Waals surface area contributed by atoms with E-state index in [2.05, 4.69) is 5.32 Å². The normalized spacial score (nSPS) is 17.5. The summed E-state index contributed by atoms with van der Waals surface area (Å²) in [7, 11) is 3.47. The summed E-state index contributed by atoms with van der Waals surface area (Å²) in [6, 6.07) is 0. The summed E-state index contributed by atoms with van der Waals surface area (Å²) in [5.41, 5.74) is -0.702. The van der Waals surface area contributed by atoms with Crippen LogP contribution in [-0.2, 0) is 23.7 Å². The predicted octanol–water partition coefficient (Wildman–Crippen LogP) is 0.987. The fourth-order valence-electron chi connectivity index (χ4n) is 2.32. The molecular weight excluding hydrogens is 274 g/mol. The number of hydrogen-bond acceptors (Lipinski definition) is 6. The molecule has 0 aromatic rings. The minimum Gasteiger partial charge on any atom is -0.465 e. The zero-order chi connectivity index (χ0) is 15.6. The number of ether oxygens (including phenoxy) is 4. The number of esters is 1. The van der Waals surface area contributed by atoms with Crippen molar-refractivity contribution in [3.05, 3.63) is 0 Å². The maximum absolute atomic E-state index is 12.2. The first-order valence-electron chi connectivity index (χ1n) is 7.71. The van der Waals surface area contributed by atoms with Crippen LogP contribution in [0.3, 0.4) is 0 Å². The molecule has 0 aromatic heterocycles. The van der Waals surface area contributed by atoms with E-state index in [4.69, 9.17) is 18.9 Å². The first-order valence-corrected chi connectivity index (χ1v) is 7.71. The Morgan fingerprint density at radius 3 is 2.48 bits per heavy atom. The van der Waals surface area contributed by atoms with Gasteiger partial charge in [-0.05, 0) is 39.2 Å². The molecule has 1 aliphatic carbocycles. The number of nitrogens with one attached hydrogen (secondary N) is 1. The summed E-state index contributed by atoms with van der Waals surface area (Å²) in [6.07, 6.45) is 2.95. The summed E-state index contributed by atoms with van der Waals surface area (Å²) >= 11 is 0. The summed E-state index contributed by atoms with van der Waals surface area (Å²) in [5, 5.41) is 3.12. The minimum atomic E-state index is -0.702. The lowest BCUT2D eigenvalue weighted by atomic mass is 9.94. The summed E-state index contributed by atoms with van der Waals surface area (Å²) in [5.74, 6) is 0.0974. The lowest BCUT2D eigenvalue weighted by molar-refractivity contribution is -0.155. The summed E-state index contributed by atoms with van der Waals surface area (Å²) in [4.78, 5) is 12.2. The smallest absolute Gasteiger partial charge is 0.329 e. The van der Waals surface area contributed by atoms with Crippen LogP contribution < -0.4 is 5.32 Å². The number of hydrogen-bond donors (Lipinski definition) is 1. The molecule has 0 spiro atoms. The lowest BCUT2D eigenvalue weighted by Gasteiger charge is -2.30. The Kier molecular flexibility index (Phi) is 8.84. The van der Waals surface area contributed by atoms with E-state index in [1.165, 1.54) is 0 Å². The Morgan fingerprint density at radius 2 is 1.90 bits per heavy atom. The Hall–Kier alpha value is -0.690. The van der Waals surface area contributed by atoms with Crippen LogP contribution >= 0.6 is 0 Å². The van der Waals surface area contributed by atoms with Crippen molar-refractivity contribution in [1.82, 2.24) is 5.32 Å². The van der Waals surface area contributed by atoms with Gasteiger partial charge in [-0.25, -0.2) is 4.79 Å². The molecule has 0 radical (unpaired) electrons. The Balaban J connectivity index is 2.26. The fourth-order valence-corrected chi connectivity index (χ4v) is 2.32. The fraction of sp³-hybridized carbons (Fsp3) is 0.933. The van der Waals surface area contributed by atoms with E-state index in [-0.39, 0.29) is 5.97 Å². The van der Waals surface area contributed by atoms with E-state index in [9.17, 15) is 4.79 Å². The third-order valence-corrected chi connectivity index (χ3v) is 3.70. The van der Waals surface area contributed by atoms with Gasteiger partial charge < -0.3 is 24.3 Å². The molecule has 1 fully saturated rings. The van der Waals surface area contributed by atoms with Gasteiger partial charge in [0.2, 0.25) is 0 Å². The highest BCUT2D eigenvalue weighted by molar-refractivity contribution is 5.82. The van der Waals surface area contributed by atoms with Crippen LogP contribution in [0.4, 0.5) is 0 Å². The number of rotatable bonds is 13. The van der Waals surface area contributed by atoms with E-state index < -0.39 is 5.54 Å². The van der Waals surface area contributed by atoms with Crippen molar-refractivity contribution in [2.75, 3.05) is 53.8 Å². The van der Waals surface area contributed by atoms with Crippen molar-refractivity contribution in [3.63, 3.8) is 0 Å². The van der Waals surface area contributed by atoms with E-state index in [0.29, 0.717) is 45.6 Å². The van der Waals surface area contributed by atoms with Gasteiger partial charge in [-0.1, -0.05) is 0 Å². The monoisotopic (exact) mass is 303 g/mol. The van der Waals surface area contributed by atoms with Crippen LogP contribution in [0.1, 0.15) is 26.2 Å². The molecule has 1 rings (SSSR count). The second-order valence-corrected chi connectivity index (χ2v) is 5.23. The number of carbonyl (C=O) groups excluding carboxylic acids is 1. The van der Waals surface area contributed by atoms with Crippen LogP contribution in [0, 0.1) is 5.92 Å². The van der Waals surface area contributed by atoms with Crippen LogP contribution in [0.5, 0.6) is 0 Å². The van der Waals surface area contributed by atoms with Crippen LogP contribution in [0.2, 0.25) is 0 Å². The van der Waals surface area contributed by atoms with Crippen molar-refractivity contribution in [1.29, 1.82) is 0 Å². The number of carbonyl (C=O) groups is 1. The Labute approximate surface area is 127 Å². The van der Waals surface area contributed by atoms with Gasteiger partial charge >= 0.3 is 5.97 Å². The maximum Gasteiger partial charge on any atom is 0.329 e. The molecule has 0 aliphatic heterocycles. The topological polar surface area (TPSA) is 66.0 Å². The number of likely N-dealkylation sites (N-methyl/N-ethyl adjacent to an activating group) is 1. The maximum atomic E-state index is 12.2. The zero-order valence-corrected chi connectivity index (χ0v) is 13.5. The molecule has 1 aliphatic rings. The molecule has 0 bridgehead atoms. The molecule has 21 heavy (non-hydrogen) atoms. The van der Waals surface area contributed by atoms with Crippen LogP contribution in [0.25, 0.3) is 0 Å². The van der Waals surface area contributed by atoms with Crippen molar-refractivity contribution in [2.45, 2.75) is 31.7 Å². The summed E-state index contributed by atoms with van der Waals surface area (Å²) in [6.45, 7) is 4.90. The molecule has 1 unspecified atom stereocenters. The second-order valence-electron chi connectivity index (χ2n) is 5.23. The molecule has 1 saturated carbocycles. The first kappa shape index (κ1) is 18.4. The largest absolute Gasteiger partial charge is 0.465 e. The molecular formula is C15H29NO5. The van der Waals surface area contributed by atoms with E-state index >= 15 is 0 Å². The molecule has 0 amide bonds. The molecule has 0 aromatic carbocycles. The van der Waals surface area contributed by atoms with Crippen LogP contribution in [0.15, 0.2) is 0 Å². The van der Waals surface area contributed by atoms with Crippen LogP contribution in [-0.4, -0.2) is 65.3 Å². The van der Waals surface area contributed by atoms with Gasteiger partial charge in [-0.3, -0.25) is 0 Å². The van der Waals surface area contributed by atoms with Gasteiger partial charge in [0.15, 0.2) is 0 Å². The molecule has 0 saturated heterocycles. The van der Waals surface area contributed by atoms with E-state index in [1.54, 1.807) is 14.2 Å². The standard InChI is InChI=1S/C15H29NO5/c1-4-21-14(17)15(16-2,13-6-7-13)12-20-11-10-19-9-5-8-18-3/h13,16H,4-12H2,1-3H3. The van der Waals surface area contributed by atoms with Gasteiger partial charge in [0.1, 0.15) is 5.54 Å². The van der Waals surface area contributed by atoms with Gasteiger partial charge in [0, 0.05) is 20.3 Å². The second kappa shape index (κ2) is 10.1. The number of methoxy groups -OCH3 is 1. The van der Waals surface area contributed by atoms with Crippen molar-refractivity contribution in [3.8, 4) is 0 Å². The molecule has 124 valence electrons. The average molecular weight is 303 g/mol. The highest BCUT2D eigenvalue weighted by atomic mass is 16.5. The molecule has 6 nitrogen and oxygen atoms in total. The third kappa shape index (κ3) is 5.90. The zero-order valence-electron chi connectivity index (χ0n) is 13.5. The van der Waals surface area contributed by atoms with Crippen molar-refractivity contribution in [2.24, 2.45) is 5.92 Å². The van der Waals surface area contributed by atoms with E-state index in [0.717, 1.165) is 19.3 Å². The predicted molar refractivity (Wildman–Crippen MR) is 79.3 cm³/mol. The third-order valence-electron chi connectivity index (χ3n) is 3.70.